The van der Waals surface area contributed by atoms with Crippen molar-refractivity contribution in [1.29, 1.82) is 0 Å². The molecule has 0 unspecified atom stereocenters. The highest BCUT2D eigenvalue weighted by Gasteiger charge is 2.14. The van der Waals surface area contributed by atoms with Gasteiger partial charge in [-0.3, -0.25) is 0 Å². The Morgan fingerprint density at radius 3 is 2.94 bits per heavy atom. The Kier molecular flexibility index (Phi) is 3.72. The van der Waals surface area contributed by atoms with Gasteiger partial charge in [-0.15, -0.1) is 0 Å². The Bertz CT molecular complexity index is 351. The third-order valence-corrected chi connectivity index (χ3v) is 2.88. The quantitative estimate of drug-likeness (QED) is 0.855. The maximum atomic E-state index is 13.4. The van der Waals surface area contributed by atoms with Gasteiger partial charge < -0.3 is 10.1 Å². The van der Waals surface area contributed by atoms with Crippen LogP contribution in [0.3, 0.4) is 0 Å². The van der Waals surface area contributed by atoms with E-state index in [2.05, 4.69) is 10.3 Å². The summed E-state index contributed by atoms with van der Waals surface area (Å²) in [5.74, 6) is 0.652. The van der Waals surface area contributed by atoms with Gasteiger partial charge in [-0.25, -0.2) is 9.37 Å². The number of ether oxygens (including phenoxy) is 1. The van der Waals surface area contributed by atoms with Crippen molar-refractivity contribution in [1.82, 2.24) is 4.98 Å². The SMILES string of the molecule is Cc1ccc(F)c(NCC2CCOCC2)n1. The Balaban J connectivity index is 1.90. The van der Waals surface area contributed by atoms with Crippen molar-refractivity contribution in [3.8, 4) is 0 Å². The Hall–Kier alpha value is -1.16. The monoisotopic (exact) mass is 224 g/mol. The van der Waals surface area contributed by atoms with E-state index in [4.69, 9.17) is 4.74 Å². The molecule has 0 spiro atoms. The van der Waals surface area contributed by atoms with Crippen LogP contribution in [-0.4, -0.2) is 24.7 Å². The molecule has 16 heavy (non-hydrogen) atoms. The summed E-state index contributed by atoms with van der Waals surface area (Å²) in [6, 6.07) is 3.13. The van der Waals surface area contributed by atoms with Crippen molar-refractivity contribution in [3.63, 3.8) is 0 Å². The van der Waals surface area contributed by atoms with Gasteiger partial charge in [-0.2, -0.15) is 0 Å². The summed E-state index contributed by atoms with van der Waals surface area (Å²) >= 11 is 0. The maximum Gasteiger partial charge on any atom is 0.165 e. The molecule has 1 aromatic heterocycles. The number of pyridine rings is 1. The van der Waals surface area contributed by atoms with E-state index in [1.807, 2.05) is 6.92 Å². The Labute approximate surface area is 95.0 Å². The van der Waals surface area contributed by atoms with Crippen LogP contribution in [0.25, 0.3) is 0 Å². The highest BCUT2D eigenvalue weighted by atomic mass is 19.1. The molecule has 88 valence electrons. The number of nitrogens with zero attached hydrogens (tertiary/aromatic N) is 1. The van der Waals surface area contributed by atoms with E-state index in [-0.39, 0.29) is 5.82 Å². The van der Waals surface area contributed by atoms with E-state index < -0.39 is 0 Å². The van der Waals surface area contributed by atoms with Crippen LogP contribution in [0.1, 0.15) is 18.5 Å². The minimum atomic E-state index is -0.280. The van der Waals surface area contributed by atoms with Gasteiger partial charge in [0, 0.05) is 25.5 Å². The molecule has 0 radical (unpaired) electrons. The summed E-state index contributed by atoms with van der Waals surface area (Å²) < 4.78 is 18.7. The van der Waals surface area contributed by atoms with E-state index in [0.717, 1.165) is 38.3 Å². The van der Waals surface area contributed by atoms with Crippen molar-refractivity contribution >= 4 is 5.82 Å². The predicted octanol–water partition coefficient (Wildman–Crippen LogP) is 2.37. The third kappa shape index (κ3) is 2.92. The standard InChI is InChI=1S/C12H17FN2O/c1-9-2-3-11(13)12(15-9)14-8-10-4-6-16-7-5-10/h2-3,10H,4-8H2,1H3,(H,14,15). The molecule has 1 aromatic rings. The van der Waals surface area contributed by atoms with Gasteiger partial charge in [0.05, 0.1) is 0 Å². The van der Waals surface area contributed by atoms with E-state index in [1.54, 1.807) is 6.07 Å². The average Bonchev–Trinajstić information content (AvgIpc) is 2.32. The van der Waals surface area contributed by atoms with Gasteiger partial charge in [0.15, 0.2) is 11.6 Å². The number of rotatable bonds is 3. The van der Waals surface area contributed by atoms with Crippen molar-refractivity contribution in [2.24, 2.45) is 5.92 Å². The molecule has 0 aromatic carbocycles. The molecule has 0 aliphatic carbocycles. The fraction of sp³-hybridized carbons (Fsp3) is 0.583. The van der Waals surface area contributed by atoms with Crippen molar-refractivity contribution in [3.05, 3.63) is 23.6 Å². The van der Waals surface area contributed by atoms with Crippen LogP contribution in [0.2, 0.25) is 0 Å². The van der Waals surface area contributed by atoms with Gasteiger partial charge in [0.1, 0.15) is 0 Å². The lowest BCUT2D eigenvalue weighted by molar-refractivity contribution is 0.0699. The topological polar surface area (TPSA) is 34.1 Å². The summed E-state index contributed by atoms with van der Waals surface area (Å²) in [7, 11) is 0. The van der Waals surface area contributed by atoms with Crippen molar-refractivity contribution in [2.45, 2.75) is 19.8 Å². The molecule has 0 bridgehead atoms. The Morgan fingerprint density at radius 2 is 2.19 bits per heavy atom. The average molecular weight is 224 g/mol. The van der Waals surface area contributed by atoms with Crippen LogP contribution in [-0.2, 0) is 4.74 Å². The molecule has 1 aliphatic rings. The van der Waals surface area contributed by atoms with Gasteiger partial charge in [-0.05, 0) is 37.8 Å². The second kappa shape index (κ2) is 5.25. The molecule has 4 heteroatoms. The zero-order chi connectivity index (χ0) is 11.4. The highest BCUT2D eigenvalue weighted by Crippen LogP contribution is 2.17. The van der Waals surface area contributed by atoms with Gasteiger partial charge >= 0.3 is 0 Å². The lowest BCUT2D eigenvalue weighted by Crippen LogP contribution is -2.23. The zero-order valence-corrected chi connectivity index (χ0v) is 9.50. The van der Waals surface area contributed by atoms with E-state index in [1.165, 1.54) is 6.07 Å². The van der Waals surface area contributed by atoms with Crippen LogP contribution in [0.5, 0.6) is 0 Å². The molecular formula is C12H17FN2O. The van der Waals surface area contributed by atoms with Gasteiger partial charge in [-0.1, -0.05) is 0 Å². The van der Waals surface area contributed by atoms with E-state index in [0.29, 0.717) is 11.7 Å². The largest absolute Gasteiger partial charge is 0.381 e. The van der Waals surface area contributed by atoms with Crippen molar-refractivity contribution in [2.75, 3.05) is 25.1 Å². The fourth-order valence-electron chi connectivity index (χ4n) is 1.86. The summed E-state index contributed by atoms with van der Waals surface area (Å²) in [4.78, 5) is 4.14. The zero-order valence-electron chi connectivity index (χ0n) is 9.50. The molecule has 1 saturated heterocycles. The molecule has 1 N–H and O–H groups in total. The molecule has 1 aliphatic heterocycles. The van der Waals surface area contributed by atoms with Crippen LogP contribution in [0.4, 0.5) is 10.2 Å². The summed E-state index contributed by atoms with van der Waals surface area (Å²) in [5, 5.41) is 3.08. The first-order chi connectivity index (χ1) is 7.75. The summed E-state index contributed by atoms with van der Waals surface area (Å²) in [6.45, 7) is 4.27. The number of hydrogen-bond donors (Lipinski definition) is 1. The maximum absolute atomic E-state index is 13.4. The fourth-order valence-corrected chi connectivity index (χ4v) is 1.86. The number of aromatic nitrogens is 1. The van der Waals surface area contributed by atoms with E-state index in [9.17, 15) is 4.39 Å². The second-order valence-corrected chi connectivity index (χ2v) is 4.22. The first-order valence-corrected chi connectivity index (χ1v) is 5.70. The molecule has 2 heterocycles. The van der Waals surface area contributed by atoms with Gasteiger partial charge in [0.2, 0.25) is 0 Å². The Morgan fingerprint density at radius 1 is 1.44 bits per heavy atom. The van der Waals surface area contributed by atoms with Crippen LogP contribution < -0.4 is 5.32 Å². The summed E-state index contributed by atoms with van der Waals surface area (Å²) in [6.07, 6.45) is 2.08. The normalized spacial score (nSPS) is 17.4. The lowest BCUT2D eigenvalue weighted by Gasteiger charge is -2.22. The number of halogens is 1. The second-order valence-electron chi connectivity index (χ2n) is 4.22. The minimum absolute atomic E-state index is 0.280. The number of anilines is 1. The predicted molar refractivity (Wildman–Crippen MR) is 61.0 cm³/mol. The van der Waals surface area contributed by atoms with Crippen molar-refractivity contribution < 1.29 is 9.13 Å². The van der Waals surface area contributed by atoms with Crippen LogP contribution in [0.15, 0.2) is 12.1 Å². The van der Waals surface area contributed by atoms with Gasteiger partial charge in [0.25, 0.3) is 0 Å². The molecule has 2 rings (SSSR count). The highest BCUT2D eigenvalue weighted by molar-refractivity contribution is 5.37. The molecule has 3 nitrogen and oxygen atoms in total. The molecule has 0 amide bonds. The third-order valence-electron chi connectivity index (χ3n) is 2.88. The number of aryl methyl sites for hydroxylation is 1. The minimum Gasteiger partial charge on any atom is -0.381 e. The lowest BCUT2D eigenvalue weighted by atomic mass is 10.0. The van der Waals surface area contributed by atoms with Crippen LogP contribution in [0, 0.1) is 18.7 Å². The number of nitrogens with one attached hydrogen (secondary N) is 1. The number of hydrogen-bond acceptors (Lipinski definition) is 3. The smallest absolute Gasteiger partial charge is 0.165 e. The van der Waals surface area contributed by atoms with Crippen LogP contribution >= 0.6 is 0 Å². The molecule has 0 atom stereocenters. The first-order valence-electron chi connectivity index (χ1n) is 5.70. The van der Waals surface area contributed by atoms with E-state index >= 15 is 0 Å². The summed E-state index contributed by atoms with van der Waals surface area (Å²) in [5.41, 5.74) is 0.830. The molecule has 0 saturated carbocycles. The first kappa shape index (κ1) is 11.3. The molecular weight excluding hydrogens is 207 g/mol. The molecule has 1 fully saturated rings.